The number of benzene rings is 4. The topological polar surface area (TPSA) is 66.9 Å². The molecule has 7 heteroatoms. The highest BCUT2D eigenvalue weighted by Gasteiger charge is 2.32. The third-order valence-corrected chi connectivity index (χ3v) is 6.32. The Hall–Kier alpha value is -4.52. The molecule has 1 aliphatic rings. The summed E-state index contributed by atoms with van der Waals surface area (Å²) in [5.74, 6) is -0.869. The molecular weight excluding hydrogens is 459 g/mol. The van der Waals surface area contributed by atoms with Crippen molar-refractivity contribution in [3.8, 4) is 5.75 Å². The van der Waals surface area contributed by atoms with E-state index in [1.54, 1.807) is 53.4 Å². The van der Waals surface area contributed by atoms with E-state index in [9.17, 15) is 18.8 Å². The Balaban J connectivity index is 1.39. The van der Waals surface area contributed by atoms with E-state index in [4.69, 9.17) is 4.74 Å². The first-order chi connectivity index (χ1) is 17.5. The van der Waals surface area contributed by atoms with E-state index in [1.165, 1.54) is 36.3 Å². The van der Waals surface area contributed by atoms with Crippen molar-refractivity contribution >= 4 is 34.2 Å². The number of rotatable bonds is 7. The van der Waals surface area contributed by atoms with Gasteiger partial charge >= 0.3 is 0 Å². The zero-order chi connectivity index (χ0) is 25.2. The third-order valence-electron chi connectivity index (χ3n) is 6.32. The van der Waals surface area contributed by atoms with Crippen LogP contribution in [0.5, 0.6) is 5.75 Å². The highest BCUT2D eigenvalue weighted by Crippen LogP contribution is 2.30. The van der Waals surface area contributed by atoms with Crippen LogP contribution >= 0.6 is 0 Å². The van der Waals surface area contributed by atoms with Crippen molar-refractivity contribution in [1.82, 2.24) is 4.90 Å². The monoisotopic (exact) mass is 482 g/mol. The lowest BCUT2D eigenvalue weighted by Crippen LogP contribution is -2.42. The molecule has 4 aromatic rings. The fourth-order valence-corrected chi connectivity index (χ4v) is 4.55. The predicted molar refractivity (Wildman–Crippen MR) is 135 cm³/mol. The van der Waals surface area contributed by atoms with Crippen LogP contribution in [-0.2, 0) is 0 Å². The number of carbonyl (C=O) groups excluding carboxylic acids is 3. The van der Waals surface area contributed by atoms with Gasteiger partial charge in [-0.1, -0.05) is 30.3 Å². The minimum Gasteiger partial charge on any atom is -0.497 e. The maximum absolute atomic E-state index is 13.4. The van der Waals surface area contributed by atoms with Crippen molar-refractivity contribution in [3.05, 3.63) is 107 Å². The van der Waals surface area contributed by atoms with Crippen molar-refractivity contribution in [1.29, 1.82) is 0 Å². The average molecular weight is 483 g/mol. The zero-order valence-corrected chi connectivity index (χ0v) is 19.6. The average Bonchev–Trinajstić information content (AvgIpc) is 2.91. The molecule has 5 rings (SSSR count). The molecule has 1 heterocycles. The molecule has 4 aromatic carbocycles. The van der Waals surface area contributed by atoms with Crippen molar-refractivity contribution < 1.29 is 23.5 Å². The minimum absolute atomic E-state index is 0.138. The molecule has 0 fully saturated rings. The summed E-state index contributed by atoms with van der Waals surface area (Å²) in [7, 11) is 1.54. The molecule has 0 radical (unpaired) electrons. The number of hydrogen-bond donors (Lipinski definition) is 0. The Kier molecular flexibility index (Phi) is 6.21. The molecule has 0 saturated heterocycles. The van der Waals surface area contributed by atoms with Crippen LogP contribution in [0.4, 0.5) is 10.1 Å². The second-order valence-corrected chi connectivity index (χ2v) is 8.49. The van der Waals surface area contributed by atoms with Gasteiger partial charge in [0, 0.05) is 46.9 Å². The van der Waals surface area contributed by atoms with Crippen molar-refractivity contribution in [2.75, 3.05) is 25.1 Å². The van der Waals surface area contributed by atoms with E-state index < -0.39 is 5.82 Å². The van der Waals surface area contributed by atoms with Crippen LogP contribution < -0.4 is 9.64 Å². The molecule has 0 aliphatic carbocycles. The number of ether oxygens (including phenoxy) is 1. The first-order valence-corrected chi connectivity index (χ1v) is 11.6. The van der Waals surface area contributed by atoms with E-state index in [2.05, 4.69) is 0 Å². The summed E-state index contributed by atoms with van der Waals surface area (Å²) in [6, 6.07) is 23.2. The number of nitrogens with zero attached hydrogens (tertiary/aromatic N) is 2. The fourth-order valence-electron chi connectivity index (χ4n) is 4.55. The van der Waals surface area contributed by atoms with E-state index in [0.29, 0.717) is 39.9 Å². The Labute approximate surface area is 207 Å². The number of halogens is 1. The summed E-state index contributed by atoms with van der Waals surface area (Å²) in [5, 5.41) is 1.52. The summed E-state index contributed by atoms with van der Waals surface area (Å²) in [6.45, 7) is 0.367. The summed E-state index contributed by atoms with van der Waals surface area (Å²) in [6.07, 6.45) is 0.347. The van der Waals surface area contributed by atoms with E-state index in [-0.39, 0.29) is 30.8 Å². The smallest absolute Gasteiger partial charge is 0.261 e. The molecule has 0 bridgehead atoms. The first kappa shape index (κ1) is 23.2. The number of anilines is 1. The molecule has 180 valence electrons. The quantitative estimate of drug-likeness (QED) is 0.335. The summed E-state index contributed by atoms with van der Waals surface area (Å²) < 4.78 is 18.7. The Morgan fingerprint density at radius 1 is 0.889 bits per heavy atom. The second kappa shape index (κ2) is 9.62. The first-order valence-electron chi connectivity index (χ1n) is 11.6. The number of amides is 3. The van der Waals surface area contributed by atoms with Crippen molar-refractivity contribution in [3.63, 3.8) is 0 Å². The highest BCUT2D eigenvalue weighted by atomic mass is 19.1. The number of imide groups is 1. The minimum atomic E-state index is -0.433. The Morgan fingerprint density at radius 3 is 2.17 bits per heavy atom. The van der Waals surface area contributed by atoms with Crippen LogP contribution in [0.15, 0.2) is 84.9 Å². The van der Waals surface area contributed by atoms with E-state index in [1.807, 2.05) is 12.1 Å². The van der Waals surface area contributed by atoms with Gasteiger partial charge in [0.05, 0.1) is 7.11 Å². The molecule has 3 amide bonds. The van der Waals surface area contributed by atoms with Gasteiger partial charge in [0.25, 0.3) is 17.7 Å². The van der Waals surface area contributed by atoms with Gasteiger partial charge in [-0.2, -0.15) is 0 Å². The van der Waals surface area contributed by atoms with Crippen LogP contribution in [0, 0.1) is 5.82 Å². The molecule has 0 N–H and O–H groups in total. The Morgan fingerprint density at radius 2 is 1.53 bits per heavy atom. The number of methoxy groups -OCH3 is 1. The number of carbonyl (C=O) groups is 3. The predicted octanol–water partition coefficient (Wildman–Crippen LogP) is 5.32. The maximum atomic E-state index is 13.4. The van der Waals surface area contributed by atoms with E-state index in [0.717, 1.165) is 5.39 Å². The lowest BCUT2D eigenvalue weighted by atomic mass is 9.94. The highest BCUT2D eigenvalue weighted by molar-refractivity contribution is 6.25. The summed E-state index contributed by atoms with van der Waals surface area (Å²) in [4.78, 5) is 42.6. The molecule has 0 spiro atoms. The second-order valence-electron chi connectivity index (χ2n) is 8.49. The van der Waals surface area contributed by atoms with E-state index >= 15 is 0 Å². The zero-order valence-electron chi connectivity index (χ0n) is 19.6. The van der Waals surface area contributed by atoms with Crippen molar-refractivity contribution in [2.24, 2.45) is 0 Å². The van der Waals surface area contributed by atoms with Gasteiger partial charge in [0.15, 0.2) is 0 Å². The van der Waals surface area contributed by atoms with Crippen LogP contribution in [-0.4, -0.2) is 42.8 Å². The van der Waals surface area contributed by atoms with Crippen LogP contribution in [0.3, 0.4) is 0 Å². The summed E-state index contributed by atoms with van der Waals surface area (Å²) in [5.41, 5.74) is 1.91. The Bertz CT molecular complexity index is 1430. The molecular formula is C29H23FN2O4. The largest absolute Gasteiger partial charge is 0.497 e. The van der Waals surface area contributed by atoms with Gasteiger partial charge in [0.2, 0.25) is 0 Å². The van der Waals surface area contributed by atoms with Crippen LogP contribution in [0.1, 0.15) is 37.5 Å². The molecule has 0 saturated carbocycles. The van der Waals surface area contributed by atoms with Crippen LogP contribution in [0.2, 0.25) is 0 Å². The lowest BCUT2D eigenvalue weighted by Gasteiger charge is -2.29. The third kappa shape index (κ3) is 4.20. The molecule has 36 heavy (non-hydrogen) atoms. The lowest BCUT2D eigenvalue weighted by molar-refractivity contribution is 0.0610. The standard InChI is InChI=1S/C29H23FN2O4/c1-36-23-9-4-8-22(18-23)31(27(33)20-12-14-21(30)15-13-20)16-5-17-32-28(34)24-10-2-6-19-7-3-11-25(26(19)24)29(32)35/h2-4,6-15,18H,5,16-17H2,1H3. The van der Waals surface area contributed by atoms with Gasteiger partial charge in [-0.3, -0.25) is 19.3 Å². The van der Waals surface area contributed by atoms with Gasteiger partial charge in [-0.15, -0.1) is 0 Å². The van der Waals surface area contributed by atoms with Crippen LogP contribution in [0.25, 0.3) is 10.8 Å². The maximum Gasteiger partial charge on any atom is 0.261 e. The number of hydrogen-bond acceptors (Lipinski definition) is 4. The van der Waals surface area contributed by atoms with Gasteiger partial charge < -0.3 is 9.64 Å². The summed E-state index contributed by atoms with van der Waals surface area (Å²) >= 11 is 0. The van der Waals surface area contributed by atoms with Gasteiger partial charge in [-0.25, -0.2) is 4.39 Å². The fraction of sp³-hybridized carbons (Fsp3) is 0.138. The SMILES string of the molecule is COc1cccc(N(CCCN2C(=O)c3cccc4cccc(c34)C2=O)C(=O)c2ccc(F)cc2)c1. The molecule has 0 aromatic heterocycles. The molecule has 1 aliphatic heterocycles. The van der Waals surface area contributed by atoms with Crippen molar-refractivity contribution in [2.45, 2.75) is 6.42 Å². The normalized spacial score (nSPS) is 12.7. The molecule has 6 nitrogen and oxygen atoms in total. The van der Waals surface area contributed by atoms with Gasteiger partial charge in [0.1, 0.15) is 11.6 Å². The van der Waals surface area contributed by atoms with Gasteiger partial charge in [-0.05, 0) is 60.3 Å². The molecule has 0 unspecified atom stereocenters. The molecule has 0 atom stereocenters.